The van der Waals surface area contributed by atoms with Crippen LogP contribution in [0.5, 0.6) is 0 Å². The second-order valence-corrected chi connectivity index (χ2v) is 9.34. The van der Waals surface area contributed by atoms with Gasteiger partial charge in [-0.15, -0.1) is 11.3 Å². The molecule has 1 saturated heterocycles. The van der Waals surface area contributed by atoms with Crippen LogP contribution in [-0.2, 0) is 11.0 Å². The van der Waals surface area contributed by atoms with Gasteiger partial charge in [0, 0.05) is 30.4 Å². The van der Waals surface area contributed by atoms with Crippen molar-refractivity contribution in [1.29, 1.82) is 0 Å². The molecule has 0 bridgehead atoms. The van der Waals surface area contributed by atoms with Gasteiger partial charge >= 0.3 is 0 Å². The number of aromatic nitrogens is 3. The minimum Gasteiger partial charge on any atom is -0.412 e. The van der Waals surface area contributed by atoms with Gasteiger partial charge in [-0.2, -0.15) is 0 Å². The van der Waals surface area contributed by atoms with Crippen LogP contribution in [0.1, 0.15) is 19.8 Å². The zero-order valence-electron chi connectivity index (χ0n) is 16.0. The van der Waals surface area contributed by atoms with Crippen LogP contribution in [0.3, 0.4) is 0 Å². The fourth-order valence-electron chi connectivity index (χ4n) is 3.40. The molecule has 1 fully saturated rings. The van der Waals surface area contributed by atoms with E-state index >= 15 is 0 Å². The van der Waals surface area contributed by atoms with Gasteiger partial charge in [0.2, 0.25) is 5.43 Å². The lowest BCUT2D eigenvalue weighted by Gasteiger charge is -2.23. The summed E-state index contributed by atoms with van der Waals surface area (Å²) in [5, 5.41) is 3.01. The summed E-state index contributed by atoms with van der Waals surface area (Å²) >= 11 is 1.45. The smallest absolute Gasteiger partial charge is 0.208 e. The van der Waals surface area contributed by atoms with Crippen molar-refractivity contribution < 1.29 is 9.69 Å². The first-order chi connectivity index (χ1) is 13.0. The Balaban J connectivity index is 0.00000225. The van der Waals surface area contributed by atoms with Gasteiger partial charge in [0.15, 0.2) is 10.8 Å². The topological polar surface area (TPSA) is 103 Å². The summed E-state index contributed by atoms with van der Waals surface area (Å²) in [6.07, 6.45) is 5.60. The van der Waals surface area contributed by atoms with Crippen molar-refractivity contribution in [2.24, 2.45) is 0 Å². The predicted octanol–water partition coefficient (Wildman–Crippen LogP) is 1.59. The van der Waals surface area contributed by atoms with Crippen LogP contribution in [0.15, 0.2) is 39.6 Å². The summed E-state index contributed by atoms with van der Waals surface area (Å²) < 4.78 is 15.9. The van der Waals surface area contributed by atoms with Crippen molar-refractivity contribution in [2.75, 3.05) is 25.5 Å². The van der Waals surface area contributed by atoms with Crippen LogP contribution >= 0.6 is 11.3 Å². The van der Waals surface area contributed by atoms with E-state index in [1.165, 1.54) is 15.6 Å². The summed E-state index contributed by atoms with van der Waals surface area (Å²) in [6.45, 7) is 3.15. The molecule has 3 aromatic rings. The summed E-state index contributed by atoms with van der Waals surface area (Å²) in [7, 11) is 1.82. The van der Waals surface area contributed by atoms with Crippen LogP contribution in [-0.4, -0.2) is 55.2 Å². The predicted molar refractivity (Wildman–Crippen MR) is 113 cm³/mol. The van der Waals surface area contributed by atoms with E-state index in [9.17, 15) is 9.00 Å². The third kappa shape index (κ3) is 3.48. The van der Waals surface area contributed by atoms with Crippen molar-refractivity contribution in [2.45, 2.75) is 30.7 Å². The number of hydrogen-bond acceptors (Lipinski definition) is 6. The van der Waals surface area contributed by atoms with Gasteiger partial charge in [-0.05, 0) is 46.0 Å². The van der Waals surface area contributed by atoms with E-state index < -0.39 is 11.0 Å². The van der Waals surface area contributed by atoms with E-state index in [1.807, 2.05) is 11.4 Å². The van der Waals surface area contributed by atoms with Gasteiger partial charge in [-0.25, -0.2) is 18.5 Å². The average molecular weight is 422 g/mol. The molecular formula is C18H23N5O3S2. The SMILES string of the molecule is CC1CCCN1c1ccc2c(=O)c(S(=O)N(C)C)cn(-c3nccs3)c2n1.O. The fraction of sp³-hybridized carbons (Fsp3) is 0.389. The standard InChI is InChI=1S/C18H21N5O2S2.H2O/c1-12-5-4-9-22(12)15-7-6-13-16(24)14(27(25)21(2)3)11-23(17(13)20-15)18-19-8-10-26-18;/h6-8,10-12H,4-5,9H2,1-3H3;1H2. The summed E-state index contributed by atoms with van der Waals surface area (Å²) in [5.74, 6) is 0.860. The first-order valence-corrected chi connectivity index (χ1v) is 10.8. The summed E-state index contributed by atoms with van der Waals surface area (Å²) in [4.78, 5) is 24.7. The molecule has 1 aliphatic rings. The van der Waals surface area contributed by atoms with Crippen LogP contribution in [0, 0.1) is 0 Å². The Labute approximate surface area is 169 Å². The minimum atomic E-state index is -1.55. The van der Waals surface area contributed by atoms with Gasteiger partial charge in [0.25, 0.3) is 0 Å². The Bertz CT molecular complexity index is 1070. The maximum absolute atomic E-state index is 13.0. The third-order valence-electron chi connectivity index (χ3n) is 4.80. The van der Waals surface area contributed by atoms with Crippen molar-refractivity contribution in [3.05, 3.63) is 40.1 Å². The molecule has 2 atom stereocenters. The molecule has 2 N–H and O–H groups in total. The highest BCUT2D eigenvalue weighted by atomic mass is 32.2. The molecule has 10 heteroatoms. The molecule has 0 aliphatic carbocycles. The second-order valence-electron chi connectivity index (χ2n) is 6.79. The fourth-order valence-corrected chi connectivity index (χ4v) is 4.88. The number of anilines is 1. The summed E-state index contributed by atoms with van der Waals surface area (Å²) in [5.41, 5.74) is 0.296. The molecule has 4 heterocycles. The summed E-state index contributed by atoms with van der Waals surface area (Å²) in [6, 6.07) is 4.11. The molecule has 0 aromatic carbocycles. The van der Waals surface area contributed by atoms with Crippen LogP contribution in [0.4, 0.5) is 5.82 Å². The Morgan fingerprint density at radius 1 is 1.32 bits per heavy atom. The normalized spacial score (nSPS) is 17.9. The highest BCUT2D eigenvalue weighted by molar-refractivity contribution is 7.82. The van der Waals surface area contributed by atoms with E-state index in [4.69, 9.17) is 4.98 Å². The number of thiazole rings is 1. The highest BCUT2D eigenvalue weighted by Crippen LogP contribution is 2.26. The van der Waals surface area contributed by atoms with Crippen molar-refractivity contribution >= 4 is 39.2 Å². The third-order valence-corrected chi connectivity index (χ3v) is 6.90. The van der Waals surface area contributed by atoms with Gasteiger partial charge in [0.05, 0.1) is 5.39 Å². The molecule has 0 saturated carbocycles. The first kappa shape index (κ1) is 20.6. The Morgan fingerprint density at radius 3 is 2.71 bits per heavy atom. The zero-order valence-corrected chi connectivity index (χ0v) is 17.6. The molecular weight excluding hydrogens is 398 g/mol. The maximum Gasteiger partial charge on any atom is 0.208 e. The van der Waals surface area contributed by atoms with Gasteiger partial charge in [-0.1, -0.05) is 0 Å². The molecule has 8 nitrogen and oxygen atoms in total. The molecule has 150 valence electrons. The number of rotatable bonds is 4. The largest absolute Gasteiger partial charge is 0.412 e. The van der Waals surface area contributed by atoms with Crippen molar-refractivity contribution in [3.8, 4) is 5.13 Å². The lowest BCUT2D eigenvalue weighted by molar-refractivity contribution is 0.601. The van der Waals surface area contributed by atoms with E-state index in [1.54, 1.807) is 37.1 Å². The van der Waals surface area contributed by atoms with Crippen LogP contribution < -0.4 is 10.3 Å². The Hall–Kier alpha value is -2.14. The number of pyridine rings is 2. The number of hydrogen-bond donors (Lipinski definition) is 0. The van der Waals surface area contributed by atoms with Gasteiger partial charge < -0.3 is 10.4 Å². The lowest BCUT2D eigenvalue weighted by atomic mass is 10.2. The number of nitrogens with zero attached hydrogens (tertiary/aromatic N) is 5. The molecule has 0 radical (unpaired) electrons. The van der Waals surface area contributed by atoms with Crippen molar-refractivity contribution in [3.63, 3.8) is 0 Å². The van der Waals surface area contributed by atoms with E-state index in [2.05, 4.69) is 16.8 Å². The van der Waals surface area contributed by atoms with E-state index in [0.29, 0.717) is 22.2 Å². The molecule has 28 heavy (non-hydrogen) atoms. The average Bonchev–Trinajstić information content (AvgIpc) is 3.33. The Kier molecular flexibility index (Phi) is 5.94. The minimum absolute atomic E-state index is 0. The van der Waals surface area contributed by atoms with Gasteiger partial charge in [-0.3, -0.25) is 9.36 Å². The van der Waals surface area contributed by atoms with E-state index in [0.717, 1.165) is 25.2 Å². The maximum atomic E-state index is 13.0. The van der Waals surface area contributed by atoms with E-state index in [-0.39, 0.29) is 15.8 Å². The van der Waals surface area contributed by atoms with Crippen LogP contribution in [0.25, 0.3) is 16.2 Å². The monoisotopic (exact) mass is 421 g/mol. The molecule has 1 aliphatic heterocycles. The molecule has 4 rings (SSSR count). The van der Waals surface area contributed by atoms with Crippen LogP contribution in [0.2, 0.25) is 0 Å². The zero-order chi connectivity index (χ0) is 19.1. The van der Waals surface area contributed by atoms with Crippen molar-refractivity contribution in [1.82, 2.24) is 18.8 Å². The second kappa shape index (κ2) is 8.08. The molecule has 3 aromatic heterocycles. The molecule has 0 spiro atoms. The number of fused-ring (bicyclic) bond motifs is 1. The quantitative estimate of drug-likeness (QED) is 0.636. The first-order valence-electron chi connectivity index (χ1n) is 8.79. The Morgan fingerprint density at radius 2 is 2.11 bits per heavy atom. The van der Waals surface area contributed by atoms with Gasteiger partial charge in [0.1, 0.15) is 21.7 Å². The lowest BCUT2D eigenvalue weighted by Crippen LogP contribution is -2.28. The molecule has 0 amide bonds. The molecule has 2 unspecified atom stereocenters. The highest BCUT2D eigenvalue weighted by Gasteiger charge is 2.24.